The molecule has 2 N–H and O–H groups in total. The van der Waals surface area contributed by atoms with E-state index in [1.807, 2.05) is 0 Å². The molecular formula is C12H13BrClNO4. The molecule has 1 aromatic rings. The van der Waals surface area contributed by atoms with Crippen LogP contribution in [0.3, 0.4) is 0 Å². The van der Waals surface area contributed by atoms with Gasteiger partial charge in [0.25, 0.3) is 0 Å². The van der Waals surface area contributed by atoms with Crippen molar-refractivity contribution in [3.05, 3.63) is 27.2 Å². The van der Waals surface area contributed by atoms with Crippen LogP contribution < -0.4 is 5.32 Å². The van der Waals surface area contributed by atoms with Crippen molar-refractivity contribution < 1.29 is 19.4 Å². The minimum atomic E-state index is -1.19. The van der Waals surface area contributed by atoms with E-state index in [1.54, 1.807) is 20.8 Å². The van der Waals surface area contributed by atoms with E-state index in [-0.39, 0.29) is 16.3 Å². The number of hydrogen-bond acceptors (Lipinski definition) is 3. The van der Waals surface area contributed by atoms with Gasteiger partial charge in [0.1, 0.15) is 5.60 Å². The number of hydrogen-bond donors (Lipinski definition) is 2. The molecule has 19 heavy (non-hydrogen) atoms. The Labute approximate surface area is 124 Å². The smallest absolute Gasteiger partial charge is 0.412 e. The van der Waals surface area contributed by atoms with E-state index in [0.29, 0.717) is 4.47 Å². The maximum absolute atomic E-state index is 11.6. The van der Waals surface area contributed by atoms with Crippen LogP contribution in [-0.2, 0) is 4.74 Å². The van der Waals surface area contributed by atoms with Crippen LogP contribution in [0.15, 0.2) is 16.6 Å². The highest BCUT2D eigenvalue weighted by atomic mass is 79.9. The molecule has 0 fully saturated rings. The van der Waals surface area contributed by atoms with Gasteiger partial charge in [-0.15, -0.1) is 0 Å². The van der Waals surface area contributed by atoms with Gasteiger partial charge in [0.15, 0.2) is 0 Å². The molecule has 0 saturated carbocycles. The van der Waals surface area contributed by atoms with Crippen LogP contribution in [0, 0.1) is 0 Å². The molecule has 0 atom stereocenters. The maximum atomic E-state index is 11.6. The molecule has 104 valence electrons. The minimum absolute atomic E-state index is 0.109. The first-order chi connectivity index (χ1) is 8.60. The number of nitrogens with one attached hydrogen (secondary N) is 1. The molecule has 7 heteroatoms. The molecule has 0 spiro atoms. The van der Waals surface area contributed by atoms with Gasteiger partial charge in [-0.3, -0.25) is 5.32 Å². The highest BCUT2D eigenvalue weighted by Gasteiger charge is 2.19. The zero-order valence-corrected chi connectivity index (χ0v) is 12.9. The van der Waals surface area contributed by atoms with Gasteiger partial charge in [0, 0.05) is 4.47 Å². The zero-order chi connectivity index (χ0) is 14.8. The number of carboxylic acids is 1. The van der Waals surface area contributed by atoms with Gasteiger partial charge in [-0.25, -0.2) is 9.59 Å². The van der Waals surface area contributed by atoms with Crippen LogP contribution in [0.1, 0.15) is 31.1 Å². The molecule has 0 aliphatic rings. The maximum Gasteiger partial charge on any atom is 0.412 e. The molecule has 1 rings (SSSR count). The second-order valence-corrected chi connectivity index (χ2v) is 6.01. The van der Waals surface area contributed by atoms with Gasteiger partial charge in [0.05, 0.1) is 16.3 Å². The van der Waals surface area contributed by atoms with Crippen LogP contribution in [0.5, 0.6) is 0 Å². The van der Waals surface area contributed by atoms with Crippen molar-refractivity contribution in [1.82, 2.24) is 0 Å². The van der Waals surface area contributed by atoms with E-state index < -0.39 is 17.7 Å². The van der Waals surface area contributed by atoms with Crippen molar-refractivity contribution in [2.45, 2.75) is 26.4 Å². The predicted molar refractivity (Wildman–Crippen MR) is 76.0 cm³/mol. The number of amides is 1. The zero-order valence-electron chi connectivity index (χ0n) is 10.6. The summed E-state index contributed by atoms with van der Waals surface area (Å²) in [5.41, 5.74) is -0.672. The van der Waals surface area contributed by atoms with Crippen molar-refractivity contribution in [3.8, 4) is 0 Å². The number of rotatable bonds is 2. The van der Waals surface area contributed by atoms with Crippen LogP contribution >= 0.6 is 27.5 Å². The van der Waals surface area contributed by atoms with Crippen LogP contribution in [-0.4, -0.2) is 22.8 Å². The van der Waals surface area contributed by atoms with Crippen molar-refractivity contribution in [1.29, 1.82) is 0 Å². The Balaban J connectivity index is 3.03. The van der Waals surface area contributed by atoms with Crippen LogP contribution in [0.4, 0.5) is 10.5 Å². The number of ether oxygens (including phenoxy) is 1. The summed E-state index contributed by atoms with van der Waals surface area (Å²) in [6, 6.07) is 2.66. The molecule has 0 unspecified atom stereocenters. The van der Waals surface area contributed by atoms with Crippen LogP contribution in [0.25, 0.3) is 0 Å². The van der Waals surface area contributed by atoms with Crippen molar-refractivity contribution in [2.24, 2.45) is 0 Å². The van der Waals surface area contributed by atoms with Crippen molar-refractivity contribution in [3.63, 3.8) is 0 Å². The lowest BCUT2D eigenvalue weighted by Crippen LogP contribution is -2.27. The summed E-state index contributed by atoms with van der Waals surface area (Å²) in [7, 11) is 0. The Hall–Kier alpha value is -1.27. The molecule has 0 aliphatic heterocycles. The lowest BCUT2D eigenvalue weighted by molar-refractivity contribution is 0.0636. The first-order valence-corrected chi connectivity index (χ1v) is 6.49. The Morgan fingerprint density at radius 1 is 1.37 bits per heavy atom. The van der Waals surface area contributed by atoms with E-state index in [0.717, 1.165) is 0 Å². The number of carboxylic acid groups (broad SMARTS) is 1. The number of anilines is 1. The fourth-order valence-corrected chi connectivity index (χ4v) is 1.75. The Bertz CT molecular complexity index is 525. The van der Waals surface area contributed by atoms with Crippen molar-refractivity contribution >= 4 is 45.3 Å². The molecule has 1 amide bonds. The molecule has 0 radical (unpaired) electrons. The highest BCUT2D eigenvalue weighted by Crippen LogP contribution is 2.29. The van der Waals surface area contributed by atoms with Gasteiger partial charge in [-0.2, -0.15) is 0 Å². The van der Waals surface area contributed by atoms with Crippen molar-refractivity contribution in [2.75, 3.05) is 5.32 Å². The summed E-state index contributed by atoms with van der Waals surface area (Å²) < 4.78 is 5.53. The summed E-state index contributed by atoms with van der Waals surface area (Å²) in [4.78, 5) is 22.7. The van der Waals surface area contributed by atoms with Gasteiger partial charge in [-0.05, 0) is 48.8 Å². The average molecular weight is 351 g/mol. The summed E-state index contributed by atoms with van der Waals surface area (Å²) in [6.45, 7) is 5.13. The SMILES string of the molecule is CC(C)(C)OC(=O)Nc1cc(Br)c(Cl)cc1C(=O)O. The normalized spacial score (nSPS) is 11.0. The Morgan fingerprint density at radius 2 is 1.95 bits per heavy atom. The fourth-order valence-electron chi connectivity index (χ4n) is 1.24. The number of benzene rings is 1. The third-order valence-corrected chi connectivity index (χ3v) is 3.12. The lowest BCUT2D eigenvalue weighted by Gasteiger charge is -2.20. The average Bonchev–Trinajstić information content (AvgIpc) is 2.19. The van der Waals surface area contributed by atoms with Gasteiger partial charge in [0.2, 0.25) is 0 Å². The highest BCUT2D eigenvalue weighted by molar-refractivity contribution is 9.10. The van der Waals surface area contributed by atoms with E-state index >= 15 is 0 Å². The second-order valence-electron chi connectivity index (χ2n) is 4.74. The summed E-state index contributed by atoms with van der Waals surface area (Å²) >= 11 is 8.98. The molecule has 1 aromatic carbocycles. The summed E-state index contributed by atoms with van der Waals surface area (Å²) in [5.74, 6) is -1.19. The third-order valence-electron chi connectivity index (χ3n) is 1.93. The standard InChI is InChI=1S/C12H13BrClNO4/c1-12(2,3)19-11(18)15-9-5-7(13)8(14)4-6(9)10(16)17/h4-5H,1-3H3,(H,15,18)(H,16,17). The first-order valence-electron chi connectivity index (χ1n) is 5.32. The number of carbonyl (C=O) groups is 2. The van der Waals surface area contributed by atoms with Gasteiger partial charge < -0.3 is 9.84 Å². The van der Waals surface area contributed by atoms with E-state index in [2.05, 4.69) is 21.2 Å². The largest absolute Gasteiger partial charge is 0.478 e. The monoisotopic (exact) mass is 349 g/mol. The second kappa shape index (κ2) is 5.79. The van der Waals surface area contributed by atoms with Crippen LogP contribution in [0.2, 0.25) is 5.02 Å². The molecule has 5 nitrogen and oxygen atoms in total. The molecule has 0 saturated heterocycles. The van der Waals surface area contributed by atoms with E-state index in [4.69, 9.17) is 21.4 Å². The molecular weight excluding hydrogens is 337 g/mol. The first kappa shape index (κ1) is 15.8. The molecule has 0 aromatic heterocycles. The van der Waals surface area contributed by atoms with Gasteiger partial charge in [-0.1, -0.05) is 11.6 Å². The topological polar surface area (TPSA) is 75.6 Å². The molecule has 0 aliphatic carbocycles. The number of aromatic carboxylic acids is 1. The predicted octanol–water partition coefficient (Wildman–Crippen LogP) is 4.15. The summed E-state index contributed by atoms with van der Waals surface area (Å²) in [6.07, 6.45) is -0.732. The third kappa shape index (κ3) is 4.72. The quantitative estimate of drug-likeness (QED) is 0.840. The lowest BCUT2D eigenvalue weighted by atomic mass is 10.2. The Morgan fingerprint density at radius 3 is 2.42 bits per heavy atom. The fraction of sp³-hybridized carbons (Fsp3) is 0.333. The molecule has 0 bridgehead atoms. The Kier molecular flexibility index (Phi) is 4.81. The number of carbonyl (C=O) groups excluding carboxylic acids is 1. The summed E-state index contributed by atoms with van der Waals surface area (Å²) in [5, 5.41) is 11.7. The van der Waals surface area contributed by atoms with E-state index in [1.165, 1.54) is 12.1 Å². The van der Waals surface area contributed by atoms with E-state index in [9.17, 15) is 9.59 Å². The number of halogens is 2. The van der Waals surface area contributed by atoms with Gasteiger partial charge >= 0.3 is 12.1 Å². The molecule has 0 heterocycles. The minimum Gasteiger partial charge on any atom is -0.478 e.